The first-order valence-corrected chi connectivity index (χ1v) is 7.93. The molecule has 2 atom stereocenters. The van der Waals surface area contributed by atoms with Crippen LogP contribution in [-0.4, -0.2) is 64.6 Å². The molecule has 1 saturated carbocycles. The van der Waals surface area contributed by atoms with Gasteiger partial charge in [0.15, 0.2) is 0 Å². The average molecular weight is 307 g/mol. The van der Waals surface area contributed by atoms with Gasteiger partial charge in [0.2, 0.25) is 5.91 Å². The van der Waals surface area contributed by atoms with Crippen LogP contribution < -0.4 is 0 Å². The number of likely N-dealkylation sites (tertiary alicyclic amines) is 1. The van der Waals surface area contributed by atoms with Crippen molar-refractivity contribution in [3.8, 4) is 0 Å². The molecule has 3 rings (SSSR count). The summed E-state index contributed by atoms with van der Waals surface area (Å²) >= 11 is 0. The summed E-state index contributed by atoms with van der Waals surface area (Å²) in [6.07, 6.45) is 6.60. The molecule has 0 aromatic heterocycles. The number of likely N-dealkylation sites (N-methyl/N-ethyl adjacent to an activating group) is 1. The fourth-order valence-electron chi connectivity index (χ4n) is 3.91. The summed E-state index contributed by atoms with van der Waals surface area (Å²) in [5.41, 5.74) is 0. The second-order valence-electron chi connectivity index (χ2n) is 6.38. The van der Waals surface area contributed by atoms with Gasteiger partial charge in [0.1, 0.15) is 6.54 Å². The van der Waals surface area contributed by atoms with E-state index in [-0.39, 0.29) is 18.5 Å². The van der Waals surface area contributed by atoms with Gasteiger partial charge in [-0.15, -0.1) is 0 Å². The highest BCUT2D eigenvalue weighted by Gasteiger charge is 2.44. The van der Waals surface area contributed by atoms with Gasteiger partial charge in [-0.1, -0.05) is 12.8 Å². The molecule has 3 aliphatic rings. The molecule has 2 aliphatic heterocycles. The predicted molar refractivity (Wildman–Crippen MR) is 76.6 cm³/mol. The highest BCUT2D eigenvalue weighted by Crippen LogP contribution is 2.35. The zero-order valence-electron chi connectivity index (χ0n) is 12.8. The summed E-state index contributed by atoms with van der Waals surface area (Å²) in [4.78, 5) is 51.1. The van der Waals surface area contributed by atoms with Crippen molar-refractivity contribution in [2.45, 2.75) is 44.6 Å². The first kappa shape index (κ1) is 15.0. The van der Waals surface area contributed by atoms with Gasteiger partial charge in [-0.3, -0.25) is 19.3 Å². The van der Waals surface area contributed by atoms with Gasteiger partial charge in [0.05, 0.1) is 0 Å². The van der Waals surface area contributed by atoms with Gasteiger partial charge < -0.3 is 4.90 Å². The lowest BCUT2D eigenvalue weighted by atomic mass is 9.78. The first-order chi connectivity index (χ1) is 10.5. The quantitative estimate of drug-likeness (QED) is 0.552. The molecule has 1 aliphatic carbocycles. The normalized spacial score (nSPS) is 29.1. The molecule has 0 aromatic carbocycles. The van der Waals surface area contributed by atoms with E-state index < -0.39 is 17.8 Å². The number of nitrogens with zero attached hydrogens (tertiary/aromatic N) is 3. The minimum Gasteiger partial charge on any atom is -0.338 e. The summed E-state index contributed by atoms with van der Waals surface area (Å²) < 4.78 is 0. The van der Waals surface area contributed by atoms with Gasteiger partial charge in [-0.25, -0.2) is 9.69 Å². The molecule has 0 bridgehead atoms. The van der Waals surface area contributed by atoms with Crippen LogP contribution in [0.3, 0.4) is 0 Å². The minimum atomic E-state index is -0.905. The van der Waals surface area contributed by atoms with Crippen LogP contribution in [-0.2, 0) is 14.4 Å². The molecule has 120 valence electrons. The van der Waals surface area contributed by atoms with Crippen LogP contribution in [0, 0.1) is 5.92 Å². The SMILES string of the molecule is CN1C(=O)C(=O)N(CC(=O)N2CCC[C@@H]3CCCC[C@@H]32)C1=O. The van der Waals surface area contributed by atoms with Crippen LogP contribution in [0.15, 0.2) is 0 Å². The average Bonchev–Trinajstić information content (AvgIpc) is 2.72. The largest absolute Gasteiger partial charge is 0.338 e. The summed E-state index contributed by atoms with van der Waals surface area (Å²) in [6, 6.07) is -0.475. The third-order valence-electron chi connectivity index (χ3n) is 5.11. The van der Waals surface area contributed by atoms with Crippen molar-refractivity contribution < 1.29 is 19.2 Å². The van der Waals surface area contributed by atoms with Crippen molar-refractivity contribution in [3.05, 3.63) is 0 Å². The van der Waals surface area contributed by atoms with E-state index in [9.17, 15) is 19.2 Å². The van der Waals surface area contributed by atoms with Crippen LogP contribution in [0.4, 0.5) is 4.79 Å². The Hall–Kier alpha value is -1.92. The predicted octanol–water partition coefficient (Wildman–Crippen LogP) is 0.588. The van der Waals surface area contributed by atoms with Crippen molar-refractivity contribution in [2.75, 3.05) is 20.1 Å². The molecule has 22 heavy (non-hydrogen) atoms. The van der Waals surface area contributed by atoms with E-state index in [0.717, 1.165) is 41.9 Å². The van der Waals surface area contributed by atoms with E-state index in [0.29, 0.717) is 12.5 Å². The Balaban J connectivity index is 1.70. The van der Waals surface area contributed by atoms with E-state index in [1.54, 1.807) is 0 Å². The molecule has 0 N–H and O–H groups in total. The van der Waals surface area contributed by atoms with E-state index in [2.05, 4.69) is 0 Å². The van der Waals surface area contributed by atoms with Crippen molar-refractivity contribution in [1.82, 2.24) is 14.7 Å². The second kappa shape index (κ2) is 5.70. The number of imide groups is 2. The first-order valence-electron chi connectivity index (χ1n) is 7.93. The van der Waals surface area contributed by atoms with Gasteiger partial charge in [0, 0.05) is 19.6 Å². The second-order valence-corrected chi connectivity index (χ2v) is 6.38. The topological polar surface area (TPSA) is 78.0 Å². The fraction of sp³-hybridized carbons (Fsp3) is 0.733. The third kappa shape index (κ3) is 2.38. The summed E-state index contributed by atoms with van der Waals surface area (Å²) in [7, 11) is 1.26. The lowest BCUT2D eigenvalue weighted by molar-refractivity contribution is -0.146. The lowest BCUT2D eigenvalue weighted by Gasteiger charge is -2.44. The van der Waals surface area contributed by atoms with E-state index in [4.69, 9.17) is 0 Å². The van der Waals surface area contributed by atoms with Crippen LogP contribution in [0.2, 0.25) is 0 Å². The summed E-state index contributed by atoms with van der Waals surface area (Å²) in [6.45, 7) is 0.358. The monoisotopic (exact) mass is 307 g/mol. The van der Waals surface area contributed by atoms with Crippen LogP contribution in [0.5, 0.6) is 0 Å². The standard InChI is InChI=1S/C15H21N3O4/c1-16-13(20)14(21)18(15(16)22)9-12(19)17-8-4-6-10-5-2-3-7-11(10)17/h10-11H,2-9H2,1H3/t10-,11-/m0/s1. The molecular weight excluding hydrogens is 286 g/mol. The summed E-state index contributed by atoms with van der Waals surface area (Å²) in [5, 5.41) is 0. The molecule has 0 spiro atoms. The number of carbonyl (C=O) groups is 4. The van der Waals surface area contributed by atoms with E-state index in [1.807, 2.05) is 4.90 Å². The molecule has 0 radical (unpaired) electrons. The Kier molecular flexibility index (Phi) is 3.88. The maximum absolute atomic E-state index is 12.6. The zero-order chi connectivity index (χ0) is 15.9. The number of hydrogen-bond donors (Lipinski definition) is 0. The zero-order valence-corrected chi connectivity index (χ0v) is 12.8. The Labute approximate surface area is 129 Å². The molecule has 7 nitrogen and oxygen atoms in total. The van der Waals surface area contributed by atoms with Gasteiger partial charge in [0.25, 0.3) is 0 Å². The highest BCUT2D eigenvalue weighted by atomic mass is 16.2. The van der Waals surface area contributed by atoms with Gasteiger partial charge in [-0.2, -0.15) is 0 Å². The molecule has 3 fully saturated rings. The third-order valence-corrected chi connectivity index (χ3v) is 5.11. The maximum Gasteiger partial charge on any atom is 0.334 e. The fourth-order valence-corrected chi connectivity index (χ4v) is 3.91. The van der Waals surface area contributed by atoms with E-state index >= 15 is 0 Å². The number of amides is 5. The molecule has 0 unspecified atom stereocenters. The Morgan fingerprint density at radius 3 is 2.41 bits per heavy atom. The molecular formula is C15H21N3O4. The lowest BCUT2D eigenvalue weighted by Crippen LogP contribution is -2.53. The smallest absolute Gasteiger partial charge is 0.334 e. The molecule has 2 saturated heterocycles. The maximum atomic E-state index is 12.6. The number of urea groups is 1. The van der Waals surface area contributed by atoms with Crippen molar-refractivity contribution in [1.29, 1.82) is 0 Å². The summed E-state index contributed by atoms with van der Waals surface area (Å²) in [5.74, 6) is -1.45. The van der Waals surface area contributed by atoms with Crippen LogP contribution in [0.25, 0.3) is 0 Å². The molecule has 7 heteroatoms. The highest BCUT2D eigenvalue weighted by molar-refractivity contribution is 6.44. The Bertz CT molecular complexity index is 531. The number of carbonyl (C=O) groups excluding carboxylic acids is 4. The van der Waals surface area contributed by atoms with Crippen molar-refractivity contribution >= 4 is 23.8 Å². The van der Waals surface area contributed by atoms with Crippen LogP contribution in [0.1, 0.15) is 38.5 Å². The number of rotatable bonds is 2. The van der Waals surface area contributed by atoms with Gasteiger partial charge >= 0.3 is 17.8 Å². The minimum absolute atomic E-state index is 0.221. The number of piperidine rings is 1. The van der Waals surface area contributed by atoms with Crippen molar-refractivity contribution in [2.24, 2.45) is 5.92 Å². The Morgan fingerprint density at radius 1 is 1.05 bits per heavy atom. The Morgan fingerprint density at radius 2 is 1.73 bits per heavy atom. The van der Waals surface area contributed by atoms with Gasteiger partial charge in [-0.05, 0) is 31.6 Å². The van der Waals surface area contributed by atoms with E-state index in [1.165, 1.54) is 13.5 Å². The molecule has 5 amide bonds. The van der Waals surface area contributed by atoms with Crippen molar-refractivity contribution in [3.63, 3.8) is 0 Å². The molecule has 0 aromatic rings. The number of hydrogen-bond acceptors (Lipinski definition) is 4. The number of fused-ring (bicyclic) bond motifs is 1. The van der Waals surface area contributed by atoms with Crippen LogP contribution >= 0.6 is 0 Å². The molecule has 2 heterocycles.